The monoisotopic (exact) mass is 331 g/mol. The second-order valence-electron chi connectivity index (χ2n) is 5.04. The van der Waals surface area contributed by atoms with E-state index in [1.807, 2.05) is 18.2 Å². The molecule has 102 valence electrons. The molecule has 1 saturated carbocycles. The third-order valence-electron chi connectivity index (χ3n) is 3.91. The summed E-state index contributed by atoms with van der Waals surface area (Å²) in [4.78, 5) is 7.70. The Kier molecular flexibility index (Phi) is 3.27. The lowest BCUT2D eigenvalue weighted by atomic mass is 9.69. The molecule has 0 aliphatic heterocycles. The maximum absolute atomic E-state index is 9.35. The molecule has 4 nitrogen and oxygen atoms in total. The summed E-state index contributed by atoms with van der Waals surface area (Å²) in [5.74, 6) is 1.58. The number of hydrogen-bond acceptors (Lipinski definition) is 3. The molecule has 0 amide bonds. The molecule has 0 spiro atoms. The van der Waals surface area contributed by atoms with Crippen LogP contribution in [0.2, 0.25) is 0 Å². The molecule has 5 heteroatoms. The van der Waals surface area contributed by atoms with Gasteiger partial charge in [-0.15, -0.1) is 0 Å². The maximum atomic E-state index is 9.35. The topological polar surface area (TPSA) is 61.7 Å². The summed E-state index contributed by atoms with van der Waals surface area (Å²) < 4.78 is 6.12. The first-order valence-corrected chi connectivity index (χ1v) is 7.28. The number of nitrogens with zero attached hydrogens (tertiary/aromatic N) is 2. The summed E-state index contributed by atoms with van der Waals surface area (Å²) in [5, 5.41) is 9.35. The first kappa shape index (κ1) is 13.2. The van der Waals surface area contributed by atoms with Crippen LogP contribution < -0.4 is 4.74 Å². The lowest BCUT2D eigenvalue weighted by Crippen LogP contribution is -2.33. The minimum atomic E-state index is -0.401. The van der Waals surface area contributed by atoms with Crippen molar-refractivity contribution in [2.45, 2.75) is 24.7 Å². The quantitative estimate of drug-likeness (QED) is 0.930. The average Bonchev–Trinajstić information content (AvgIpc) is 2.88. The van der Waals surface area contributed by atoms with E-state index in [0.717, 1.165) is 46.6 Å². The van der Waals surface area contributed by atoms with E-state index in [-0.39, 0.29) is 0 Å². The van der Waals surface area contributed by atoms with Crippen LogP contribution in [-0.2, 0) is 5.41 Å². The highest BCUT2D eigenvalue weighted by molar-refractivity contribution is 9.10. The molecule has 1 aliphatic rings. The zero-order valence-electron chi connectivity index (χ0n) is 11.1. The lowest BCUT2D eigenvalue weighted by molar-refractivity contribution is 0.309. The Bertz CT molecular complexity index is 683. The van der Waals surface area contributed by atoms with Crippen LogP contribution in [0, 0.1) is 11.3 Å². The molecule has 2 aromatic rings. The fourth-order valence-corrected chi connectivity index (χ4v) is 3.02. The van der Waals surface area contributed by atoms with E-state index < -0.39 is 5.41 Å². The van der Waals surface area contributed by atoms with Crippen LogP contribution in [0.3, 0.4) is 0 Å². The van der Waals surface area contributed by atoms with E-state index >= 15 is 0 Å². The van der Waals surface area contributed by atoms with Crippen molar-refractivity contribution in [1.29, 1.82) is 5.26 Å². The van der Waals surface area contributed by atoms with Gasteiger partial charge in [-0.2, -0.15) is 5.26 Å². The zero-order valence-corrected chi connectivity index (χ0v) is 12.7. The Labute approximate surface area is 125 Å². The van der Waals surface area contributed by atoms with Gasteiger partial charge in [-0.25, -0.2) is 4.98 Å². The molecule has 20 heavy (non-hydrogen) atoms. The number of hydrogen-bond donors (Lipinski definition) is 1. The molecule has 0 bridgehead atoms. The molecule has 0 saturated heterocycles. The van der Waals surface area contributed by atoms with Crippen LogP contribution >= 0.6 is 15.9 Å². The van der Waals surface area contributed by atoms with E-state index in [2.05, 4.69) is 32.0 Å². The largest absolute Gasteiger partial charge is 0.496 e. The number of H-pyrrole nitrogens is 1. The van der Waals surface area contributed by atoms with Crippen molar-refractivity contribution in [1.82, 2.24) is 9.97 Å². The first-order chi connectivity index (χ1) is 9.68. The van der Waals surface area contributed by atoms with E-state index in [9.17, 15) is 5.26 Å². The second-order valence-corrected chi connectivity index (χ2v) is 5.90. The number of imidazole rings is 1. The average molecular weight is 332 g/mol. The molecule has 0 atom stereocenters. The Morgan fingerprint density at radius 2 is 2.25 bits per heavy atom. The number of aromatic amines is 1. The molecular formula is C15H14BrN3O. The van der Waals surface area contributed by atoms with Gasteiger partial charge in [0.05, 0.1) is 29.5 Å². The van der Waals surface area contributed by atoms with Gasteiger partial charge < -0.3 is 9.72 Å². The van der Waals surface area contributed by atoms with Gasteiger partial charge >= 0.3 is 0 Å². The number of ether oxygens (including phenoxy) is 1. The molecule has 3 rings (SSSR count). The predicted molar refractivity (Wildman–Crippen MR) is 79.4 cm³/mol. The molecule has 1 N–H and O–H groups in total. The van der Waals surface area contributed by atoms with Crippen LogP contribution in [0.5, 0.6) is 5.75 Å². The minimum Gasteiger partial charge on any atom is -0.496 e. The van der Waals surface area contributed by atoms with Gasteiger partial charge in [0.1, 0.15) is 17.0 Å². The Balaban J connectivity index is 1.94. The third kappa shape index (κ3) is 2.01. The summed E-state index contributed by atoms with van der Waals surface area (Å²) in [6, 6.07) is 8.26. The molecular weight excluding hydrogens is 318 g/mol. The van der Waals surface area contributed by atoms with Crippen molar-refractivity contribution < 1.29 is 4.74 Å². The number of nitrogens with one attached hydrogen (secondary N) is 1. The summed E-state index contributed by atoms with van der Waals surface area (Å²) >= 11 is 3.48. The van der Waals surface area contributed by atoms with Crippen LogP contribution in [0.25, 0.3) is 11.3 Å². The van der Waals surface area contributed by atoms with Crippen LogP contribution in [0.15, 0.2) is 28.9 Å². The van der Waals surface area contributed by atoms with E-state index in [1.165, 1.54) is 0 Å². The van der Waals surface area contributed by atoms with E-state index in [4.69, 9.17) is 4.74 Å². The highest BCUT2D eigenvalue weighted by atomic mass is 79.9. The van der Waals surface area contributed by atoms with Gasteiger partial charge in [-0.3, -0.25) is 0 Å². The van der Waals surface area contributed by atoms with E-state index in [1.54, 1.807) is 13.3 Å². The maximum Gasteiger partial charge on any atom is 0.133 e. The Morgan fingerprint density at radius 1 is 1.45 bits per heavy atom. The van der Waals surface area contributed by atoms with Crippen LogP contribution in [-0.4, -0.2) is 17.1 Å². The second kappa shape index (κ2) is 4.95. The van der Waals surface area contributed by atoms with Crippen molar-refractivity contribution >= 4 is 15.9 Å². The van der Waals surface area contributed by atoms with Crippen molar-refractivity contribution in [3.8, 4) is 23.1 Å². The smallest absolute Gasteiger partial charge is 0.133 e. The normalized spacial score (nSPS) is 16.2. The van der Waals surface area contributed by atoms with Gasteiger partial charge in [0.2, 0.25) is 0 Å². The van der Waals surface area contributed by atoms with Gasteiger partial charge in [0, 0.05) is 5.56 Å². The van der Waals surface area contributed by atoms with Gasteiger partial charge in [0.15, 0.2) is 0 Å². The number of halogens is 1. The highest BCUT2D eigenvalue weighted by Gasteiger charge is 2.41. The predicted octanol–water partition coefficient (Wildman–Crippen LogP) is 3.79. The van der Waals surface area contributed by atoms with Gasteiger partial charge in [-0.1, -0.05) is 0 Å². The SMILES string of the molecule is COc1ccc(-c2cnc(C3(C#N)CCC3)[nH]2)cc1Br. The number of rotatable bonds is 3. The fraction of sp³-hybridized carbons (Fsp3) is 0.333. The number of methoxy groups -OCH3 is 1. The minimum absolute atomic E-state index is 0.401. The van der Waals surface area contributed by atoms with Crippen molar-refractivity contribution in [2.75, 3.05) is 7.11 Å². The number of nitriles is 1. The standard InChI is InChI=1S/C15H14BrN3O/c1-20-13-4-3-10(7-11(13)16)12-8-18-14(19-12)15(9-17)5-2-6-15/h3-4,7-8H,2,5-6H2,1H3,(H,18,19). The number of benzene rings is 1. The molecule has 1 heterocycles. The first-order valence-electron chi connectivity index (χ1n) is 6.49. The van der Waals surface area contributed by atoms with E-state index in [0.29, 0.717) is 0 Å². The molecule has 1 aromatic carbocycles. The van der Waals surface area contributed by atoms with Crippen LogP contribution in [0.1, 0.15) is 25.1 Å². The lowest BCUT2D eigenvalue weighted by Gasteiger charge is -2.32. The van der Waals surface area contributed by atoms with Crippen LogP contribution in [0.4, 0.5) is 0 Å². The van der Waals surface area contributed by atoms with Crippen molar-refractivity contribution in [3.63, 3.8) is 0 Å². The summed E-state index contributed by atoms with van der Waals surface area (Å²) in [6.45, 7) is 0. The Hall–Kier alpha value is -1.80. The molecule has 0 unspecified atom stereocenters. The van der Waals surface area contributed by atoms with Crippen molar-refractivity contribution in [2.24, 2.45) is 0 Å². The molecule has 0 radical (unpaired) electrons. The highest BCUT2D eigenvalue weighted by Crippen LogP contribution is 2.42. The molecule has 1 aliphatic carbocycles. The summed E-state index contributed by atoms with van der Waals surface area (Å²) in [6.07, 6.45) is 4.67. The zero-order chi connectivity index (χ0) is 14.2. The summed E-state index contributed by atoms with van der Waals surface area (Å²) in [5.41, 5.74) is 1.54. The Morgan fingerprint density at radius 3 is 2.80 bits per heavy atom. The molecule has 1 fully saturated rings. The van der Waals surface area contributed by atoms with Gasteiger partial charge in [-0.05, 0) is 53.4 Å². The summed E-state index contributed by atoms with van der Waals surface area (Å²) in [7, 11) is 1.64. The van der Waals surface area contributed by atoms with Crippen molar-refractivity contribution in [3.05, 3.63) is 34.7 Å². The van der Waals surface area contributed by atoms with Gasteiger partial charge in [0.25, 0.3) is 0 Å². The fourth-order valence-electron chi connectivity index (χ4n) is 2.48. The molecule has 1 aromatic heterocycles. The third-order valence-corrected chi connectivity index (χ3v) is 4.53. The number of aromatic nitrogens is 2.